The molecule has 2 aliphatic heterocycles. The third-order valence-electron chi connectivity index (χ3n) is 17.3. The van der Waals surface area contributed by atoms with Crippen molar-refractivity contribution in [3.8, 4) is 56.4 Å². The molecule has 0 atom stereocenters. The molecule has 14 aromatic carbocycles. The Morgan fingerprint density at radius 1 is 0.212 bits per heavy atom. The van der Waals surface area contributed by atoms with Crippen LogP contribution >= 0.6 is 0 Å². The predicted octanol–water partition coefficient (Wildman–Crippen LogP) is 20.3. The van der Waals surface area contributed by atoms with Gasteiger partial charge in [0.1, 0.15) is 23.0 Å². The molecule has 0 bridgehead atoms. The molecular formula is C78H50O2. The predicted molar refractivity (Wildman–Crippen MR) is 330 cm³/mol. The van der Waals surface area contributed by atoms with Gasteiger partial charge < -0.3 is 9.47 Å². The first-order valence-electron chi connectivity index (χ1n) is 27.6. The molecule has 0 saturated carbocycles. The van der Waals surface area contributed by atoms with E-state index < -0.39 is 10.8 Å². The number of ether oxygens (including phenoxy) is 2. The molecule has 0 amide bonds. The van der Waals surface area contributed by atoms with Crippen LogP contribution in [0.1, 0.15) is 44.5 Å². The summed E-state index contributed by atoms with van der Waals surface area (Å²) >= 11 is 0. The first-order valence-corrected chi connectivity index (χ1v) is 27.6. The molecule has 2 heterocycles. The quantitative estimate of drug-likeness (QED) is 0.148. The maximum atomic E-state index is 7.14. The van der Waals surface area contributed by atoms with Gasteiger partial charge in [-0.25, -0.2) is 0 Å². The van der Waals surface area contributed by atoms with Crippen LogP contribution in [0.25, 0.3) is 76.5 Å². The average Bonchev–Trinajstić information content (AvgIpc) is 3.55. The molecule has 0 aliphatic carbocycles. The molecule has 2 heteroatoms. The summed E-state index contributed by atoms with van der Waals surface area (Å²) in [5.74, 6) is 3.37. The maximum absolute atomic E-state index is 7.14. The lowest BCUT2D eigenvalue weighted by atomic mass is 9.62. The zero-order valence-corrected chi connectivity index (χ0v) is 43.7. The molecular weight excluding hydrogens is 969 g/mol. The van der Waals surface area contributed by atoms with Crippen LogP contribution in [0.4, 0.5) is 0 Å². The lowest BCUT2D eigenvalue weighted by molar-refractivity contribution is 0.435. The molecule has 0 aromatic heterocycles. The fourth-order valence-corrected chi connectivity index (χ4v) is 14.2. The van der Waals surface area contributed by atoms with Crippen LogP contribution in [-0.4, -0.2) is 0 Å². The largest absolute Gasteiger partial charge is 0.457 e. The Balaban J connectivity index is 1.08. The molecule has 0 saturated heterocycles. The van der Waals surface area contributed by atoms with Gasteiger partial charge >= 0.3 is 0 Å². The van der Waals surface area contributed by atoms with Gasteiger partial charge in [0.2, 0.25) is 0 Å². The highest BCUT2D eigenvalue weighted by Gasteiger charge is 2.48. The zero-order valence-electron chi connectivity index (χ0n) is 43.7. The first-order chi connectivity index (χ1) is 39.7. The molecule has 2 nitrogen and oxygen atoms in total. The van der Waals surface area contributed by atoms with Gasteiger partial charge in [-0.3, -0.25) is 0 Å². The highest BCUT2D eigenvalue weighted by molar-refractivity contribution is 6.26. The highest BCUT2D eigenvalue weighted by Crippen LogP contribution is 2.61. The zero-order chi connectivity index (χ0) is 52.8. The fraction of sp³-hybridized carbons (Fsp3) is 0.0256. The molecule has 2 aliphatic rings. The second-order valence-corrected chi connectivity index (χ2v) is 21.3. The molecule has 0 N–H and O–H groups in total. The molecule has 0 spiro atoms. The van der Waals surface area contributed by atoms with E-state index in [1.54, 1.807) is 0 Å². The van der Waals surface area contributed by atoms with Crippen molar-refractivity contribution in [2.24, 2.45) is 0 Å². The summed E-state index contributed by atoms with van der Waals surface area (Å²) in [6.45, 7) is 0. The van der Waals surface area contributed by atoms with Crippen molar-refractivity contribution in [3.05, 3.63) is 348 Å². The highest BCUT2D eigenvalue weighted by atomic mass is 16.5. The lowest BCUT2D eigenvalue weighted by Gasteiger charge is -2.43. The summed E-state index contributed by atoms with van der Waals surface area (Å²) in [6.07, 6.45) is 0. The van der Waals surface area contributed by atoms with Gasteiger partial charge in [0, 0.05) is 22.3 Å². The topological polar surface area (TPSA) is 18.5 Å². The van der Waals surface area contributed by atoms with E-state index in [1.165, 1.54) is 65.7 Å². The summed E-state index contributed by atoms with van der Waals surface area (Å²) in [7, 11) is 0. The van der Waals surface area contributed by atoms with Crippen LogP contribution in [0.2, 0.25) is 0 Å². The van der Waals surface area contributed by atoms with Crippen LogP contribution in [-0.2, 0) is 10.8 Å². The number of hydrogen-bond acceptors (Lipinski definition) is 2. The minimum absolute atomic E-state index is 0.750. The monoisotopic (exact) mass is 1020 g/mol. The van der Waals surface area contributed by atoms with Crippen LogP contribution < -0.4 is 9.47 Å². The van der Waals surface area contributed by atoms with E-state index in [1.807, 2.05) is 0 Å². The molecule has 16 rings (SSSR count). The Morgan fingerprint density at radius 2 is 0.525 bits per heavy atom. The lowest BCUT2D eigenvalue weighted by Crippen LogP contribution is -2.34. The minimum Gasteiger partial charge on any atom is -0.457 e. The van der Waals surface area contributed by atoms with Crippen LogP contribution in [0.5, 0.6) is 23.0 Å². The van der Waals surface area contributed by atoms with Crippen molar-refractivity contribution in [1.82, 2.24) is 0 Å². The Morgan fingerprint density at radius 3 is 0.950 bits per heavy atom. The molecule has 14 aromatic rings. The van der Waals surface area contributed by atoms with Gasteiger partial charge in [0.05, 0.1) is 10.8 Å². The van der Waals surface area contributed by atoms with Crippen molar-refractivity contribution in [2.45, 2.75) is 10.8 Å². The van der Waals surface area contributed by atoms with Gasteiger partial charge in [0.15, 0.2) is 0 Å². The van der Waals surface area contributed by atoms with Crippen molar-refractivity contribution in [1.29, 1.82) is 0 Å². The fourth-order valence-electron chi connectivity index (χ4n) is 14.2. The van der Waals surface area contributed by atoms with Gasteiger partial charge in [-0.1, -0.05) is 267 Å². The number of rotatable bonds is 7. The molecule has 80 heavy (non-hydrogen) atoms. The summed E-state index contributed by atoms with van der Waals surface area (Å²) in [5, 5.41) is 9.44. The Bertz CT molecular complexity index is 4380. The van der Waals surface area contributed by atoms with E-state index >= 15 is 0 Å². The van der Waals surface area contributed by atoms with Crippen molar-refractivity contribution < 1.29 is 9.47 Å². The number of hydrogen-bond donors (Lipinski definition) is 0. The Hall–Kier alpha value is -10.3. The van der Waals surface area contributed by atoms with E-state index in [9.17, 15) is 0 Å². The van der Waals surface area contributed by atoms with Gasteiger partial charge in [0.25, 0.3) is 0 Å². The second kappa shape index (κ2) is 18.2. The van der Waals surface area contributed by atoms with E-state index in [0.717, 1.165) is 78.3 Å². The van der Waals surface area contributed by atoms with Gasteiger partial charge in [-0.05, 0) is 135 Å². The molecule has 0 radical (unpaired) electrons. The Labute approximate surface area is 465 Å². The number of benzene rings is 14. The van der Waals surface area contributed by atoms with Crippen LogP contribution in [0, 0.1) is 0 Å². The van der Waals surface area contributed by atoms with Crippen molar-refractivity contribution in [3.63, 3.8) is 0 Å². The number of fused-ring (bicyclic) bond motifs is 8. The van der Waals surface area contributed by atoms with Gasteiger partial charge in [-0.2, -0.15) is 0 Å². The Kier molecular flexibility index (Phi) is 10.4. The van der Waals surface area contributed by atoms with Crippen LogP contribution in [0.3, 0.4) is 0 Å². The van der Waals surface area contributed by atoms with E-state index in [0.29, 0.717) is 0 Å². The third-order valence-corrected chi connectivity index (χ3v) is 17.3. The maximum Gasteiger partial charge on any atom is 0.132 e. The summed E-state index contributed by atoms with van der Waals surface area (Å²) < 4.78 is 14.3. The standard InChI is InChI=1S/C78H50O2/c1-5-27-53(28-6-1)77(54-29-7-2-8-30-54)67-43-17-19-45-69(67)79-71-47-23-41-63(75(71)77)59-37-21-39-61-65(59)50-66-60(38-22-40-62(66)74(61)73-57-35-15-13-25-51(57)49-52-26-14-16-36-58(52)73)64-42-24-48-72-76(64)78(55-31-9-3-10-32-55,56-33-11-4-12-34-56)68-44-18-20-46-70(68)80-72/h1-50H. The normalized spacial score (nSPS) is 13.7. The summed E-state index contributed by atoms with van der Waals surface area (Å²) in [6, 6.07) is 111. The molecule has 374 valence electrons. The smallest absolute Gasteiger partial charge is 0.132 e. The average molecular weight is 1020 g/mol. The number of para-hydroxylation sites is 2. The first kappa shape index (κ1) is 45.9. The summed E-state index contributed by atoms with van der Waals surface area (Å²) in [4.78, 5) is 0. The van der Waals surface area contributed by atoms with Crippen LogP contribution in [0.15, 0.2) is 303 Å². The summed E-state index contributed by atoms with van der Waals surface area (Å²) in [5.41, 5.74) is 14.5. The SMILES string of the molecule is c1ccc(C2(c3ccccc3)c3ccccc3Oc3cccc(-c4cccc5c(-c6c7ccccc7cc7ccccc67)c6cccc(-c7cccc8c7C(c7ccccc7)(c7ccccc7)c7ccccc7O8)c6cc45)c32)cc1. The van der Waals surface area contributed by atoms with E-state index in [4.69, 9.17) is 9.47 Å². The van der Waals surface area contributed by atoms with Gasteiger partial charge in [-0.15, -0.1) is 0 Å². The second-order valence-electron chi connectivity index (χ2n) is 21.3. The molecule has 0 fully saturated rings. The minimum atomic E-state index is -0.750. The van der Waals surface area contributed by atoms with Crippen molar-refractivity contribution in [2.75, 3.05) is 0 Å². The van der Waals surface area contributed by atoms with Crippen molar-refractivity contribution >= 4 is 43.1 Å². The van der Waals surface area contributed by atoms with E-state index in [-0.39, 0.29) is 0 Å². The van der Waals surface area contributed by atoms with E-state index in [2.05, 4.69) is 303 Å². The molecule has 0 unspecified atom stereocenters. The third kappa shape index (κ3) is 6.60.